The Morgan fingerprint density at radius 2 is 1.94 bits per heavy atom. The summed E-state index contributed by atoms with van der Waals surface area (Å²) in [5.74, 6) is -1.09. The second-order valence-corrected chi connectivity index (χ2v) is 4.53. The number of hydrogen-bond acceptors (Lipinski definition) is 2. The molecule has 1 heterocycles. The minimum atomic E-state index is -1.09. The van der Waals surface area contributed by atoms with Crippen LogP contribution in [-0.4, -0.2) is 35.1 Å². The minimum absolute atomic E-state index is 0.0239. The van der Waals surface area contributed by atoms with Crippen molar-refractivity contribution in [3.05, 3.63) is 28.8 Å². The van der Waals surface area contributed by atoms with Crippen molar-refractivity contribution in [1.82, 2.24) is 4.90 Å². The van der Waals surface area contributed by atoms with Crippen LogP contribution in [0.4, 0.5) is 10.5 Å². The number of halogens is 1. The number of carboxylic acid groups (broad SMARTS) is 1. The smallest absolute Gasteiger partial charge is 0.337 e. The van der Waals surface area contributed by atoms with Crippen molar-refractivity contribution in [2.75, 3.05) is 18.4 Å². The molecule has 0 radical (unpaired) electrons. The summed E-state index contributed by atoms with van der Waals surface area (Å²) in [7, 11) is 0. The van der Waals surface area contributed by atoms with E-state index in [1.54, 1.807) is 4.90 Å². The third-order valence-electron chi connectivity index (χ3n) is 2.84. The summed E-state index contributed by atoms with van der Waals surface area (Å²) < 4.78 is 0. The molecule has 96 valence electrons. The summed E-state index contributed by atoms with van der Waals surface area (Å²) in [6, 6.07) is 4.18. The molecule has 0 atom stereocenters. The molecule has 0 aromatic heterocycles. The Labute approximate surface area is 109 Å². The van der Waals surface area contributed by atoms with E-state index in [9.17, 15) is 9.59 Å². The third-order valence-corrected chi connectivity index (χ3v) is 3.16. The van der Waals surface area contributed by atoms with Crippen molar-refractivity contribution in [3.63, 3.8) is 0 Å². The van der Waals surface area contributed by atoms with E-state index in [4.69, 9.17) is 16.7 Å². The SMILES string of the molecule is O=C(O)c1ccc(NC(=O)N2CCCC2)cc1Cl. The molecule has 18 heavy (non-hydrogen) atoms. The predicted molar refractivity (Wildman–Crippen MR) is 68.2 cm³/mol. The first-order valence-corrected chi connectivity index (χ1v) is 6.04. The van der Waals surface area contributed by atoms with E-state index in [0.717, 1.165) is 25.9 Å². The lowest BCUT2D eigenvalue weighted by Crippen LogP contribution is -2.32. The van der Waals surface area contributed by atoms with Crippen LogP contribution in [-0.2, 0) is 0 Å². The first kappa shape index (κ1) is 12.7. The molecule has 1 aliphatic heterocycles. The van der Waals surface area contributed by atoms with Gasteiger partial charge in [0, 0.05) is 18.8 Å². The summed E-state index contributed by atoms with van der Waals surface area (Å²) in [5, 5.41) is 11.6. The number of urea groups is 1. The Kier molecular flexibility index (Phi) is 3.72. The van der Waals surface area contributed by atoms with E-state index in [0.29, 0.717) is 5.69 Å². The highest BCUT2D eigenvalue weighted by Gasteiger charge is 2.18. The van der Waals surface area contributed by atoms with Gasteiger partial charge in [0.25, 0.3) is 0 Å². The maximum Gasteiger partial charge on any atom is 0.337 e. The van der Waals surface area contributed by atoms with E-state index in [2.05, 4.69) is 5.32 Å². The van der Waals surface area contributed by atoms with Crippen molar-refractivity contribution < 1.29 is 14.7 Å². The summed E-state index contributed by atoms with van der Waals surface area (Å²) in [4.78, 5) is 24.3. The van der Waals surface area contributed by atoms with Crippen molar-refractivity contribution in [2.24, 2.45) is 0 Å². The fourth-order valence-electron chi connectivity index (χ4n) is 1.89. The van der Waals surface area contributed by atoms with Crippen LogP contribution in [0.5, 0.6) is 0 Å². The van der Waals surface area contributed by atoms with Crippen molar-refractivity contribution in [3.8, 4) is 0 Å². The van der Waals surface area contributed by atoms with Crippen LogP contribution in [0.25, 0.3) is 0 Å². The number of anilines is 1. The van der Waals surface area contributed by atoms with Crippen LogP contribution in [0, 0.1) is 0 Å². The van der Waals surface area contributed by atoms with Crippen molar-refractivity contribution >= 4 is 29.3 Å². The van der Waals surface area contributed by atoms with E-state index < -0.39 is 5.97 Å². The lowest BCUT2D eigenvalue weighted by molar-refractivity contribution is 0.0697. The van der Waals surface area contributed by atoms with Crippen LogP contribution in [0.3, 0.4) is 0 Å². The van der Waals surface area contributed by atoms with Gasteiger partial charge in [-0.05, 0) is 31.0 Å². The van der Waals surface area contributed by atoms with Crippen LogP contribution in [0.2, 0.25) is 5.02 Å². The molecule has 2 N–H and O–H groups in total. The van der Waals surface area contributed by atoms with Gasteiger partial charge in [0.05, 0.1) is 10.6 Å². The first-order chi connectivity index (χ1) is 8.58. The van der Waals surface area contributed by atoms with Crippen LogP contribution >= 0.6 is 11.6 Å². The zero-order chi connectivity index (χ0) is 13.1. The number of nitrogens with zero attached hydrogens (tertiary/aromatic N) is 1. The maximum atomic E-state index is 11.8. The second kappa shape index (κ2) is 5.27. The third kappa shape index (κ3) is 2.73. The largest absolute Gasteiger partial charge is 0.478 e. The molecule has 1 aromatic carbocycles. The zero-order valence-corrected chi connectivity index (χ0v) is 10.4. The summed E-state index contributed by atoms with van der Waals surface area (Å²) in [6.07, 6.45) is 2.04. The van der Waals surface area contributed by atoms with Gasteiger partial charge >= 0.3 is 12.0 Å². The van der Waals surface area contributed by atoms with Gasteiger partial charge in [-0.3, -0.25) is 0 Å². The normalized spacial score (nSPS) is 14.6. The molecular weight excluding hydrogens is 256 g/mol. The summed E-state index contributed by atoms with van der Waals surface area (Å²) in [5.41, 5.74) is 0.526. The van der Waals surface area contributed by atoms with Crippen LogP contribution in [0.15, 0.2) is 18.2 Å². The van der Waals surface area contributed by atoms with E-state index >= 15 is 0 Å². The van der Waals surface area contributed by atoms with E-state index in [1.165, 1.54) is 18.2 Å². The second-order valence-electron chi connectivity index (χ2n) is 4.12. The molecule has 0 saturated carbocycles. The van der Waals surface area contributed by atoms with E-state index in [1.807, 2.05) is 0 Å². The number of aromatic carboxylic acids is 1. The molecule has 2 amide bonds. The number of amides is 2. The standard InChI is InChI=1S/C12H13ClN2O3/c13-10-7-8(3-4-9(10)11(16)17)14-12(18)15-5-1-2-6-15/h3-4,7H,1-2,5-6H2,(H,14,18)(H,16,17). The highest BCUT2D eigenvalue weighted by Crippen LogP contribution is 2.21. The summed E-state index contributed by atoms with van der Waals surface area (Å²) >= 11 is 5.82. The maximum absolute atomic E-state index is 11.8. The predicted octanol–water partition coefficient (Wildman–Crippen LogP) is 2.67. The van der Waals surface area contributed by atoms with Gasteiger partial charge < -0.3 is 15.3 Å². The number of benzene rings is 1. The number of likely N-dealkylation sites (tertiary alicyclic amines) is 1. The Hall–Kier alpha value is -1.75. The summed E-state index contributed by atoms with van der Waals surface area (Å²) in [6.45, 7) is 1.51. The number of nitrogens with one attached hydrogen (secondary N) is 1. The molecule has 0 bridgehead atoms. The number of carbonyl (C=O) groups is 2. The molecule has 2 rings (SSSR count). The van der Waals surface area contributed by atoms with Crippen molar-refractivity contribution in [2.45, 2.75) is 12.8 Å². The van der Waals surface area contributed by atoms with Crippen LogP contribution in [0.1, 0.15) is 23.2 Å². The fourth-order valence-corrected chi connectivity index (χ4v) is 2.15. The Morgan fingerprint density at radius 1 is 1.28 bits per heavy atom. The first-order valence-electron chi connectivity index (χ1n) is 5.66. The quantitative estimate of drug-likeness (QED) is 0.866. The van der Waals surface area contributed by atoms with Crippen LogP contribution < -0.4 is 5.32 Å². The molecule has 1 aliphatic rings. The lowest BCUT2D eigenvalue weighted by Gasteiger charge is -2.16. The topological polar surface area (TPSA) is 69.6 Å². The molecule has 1 saturated heterocycles. The molecular formula is C12H13ClN2O3. The molecule has 0 unspecified atom stereocenters. The highest BCUT2D eigenvalue weighted by atomic mass is 35.5. The molecule has 0 aliphatic carbocycles. The lowest BCUT2D eigenvalue weighted by atomic mass is 10.2. The fraction of sp³-hybridized carbons (Fsp3) is 0.333. The molecule has 0 spiro atoms. The Bertz CT molecular complexity index is 484. The van der Waals surface area contributed by atoms with Gasteiger partial charge in [-0.25, -0.2) is 9.59 Å². The average molecular weight is 269 g/mol. The molecule has 5 nitrogen and oxygen atoms in total. The molecule has 1 fully saturated rings. The monoisotopic (exact) mass is 268 g/mol. The minimum Gasteiger partial charge on any atom is -0.478 e. The highest BCUT2D eigenvalue weighted by molar-refractivity contribution is 6.33. The molecule has 6 heteroatoms. The zero-order valence-electron chi connectivity index (χ0n) is 9.65. The van der Waals surface area contributed by atoms with Crippen molar-refractivity contribution in [1.29, 1.82) is 0 Å². The van der Waals surface area contributed by atoms with Gasteiger partial charge in [-0.15, -0.1) is 0 Å². The number of carboxylic acids is 1. The molecule has 1 aromatic rings. The number of hydrogen-bond donors (Lipinski definition) is 2. The van der Waals surface area contributed by atoms with E-state index in [-0.39, 0.29) is 16.6 Å². The van der Waals surface area contributed by atoms with Gasteiger partial charge in [-0.1, -0.05) is 11.6 Å². The van der Waals surface area contributed by atoms with Gasteiger partial charge in [0.1, 0.15) is 0 Å². The van der Waals surface area contributed by atoms with Gasteiger partial charge in [0.2, 0.25) is 0 Å². The number of rotatable bonds is 2. The van der Waals surface area contributed by atoms with Gasteiger partial charge in [0.15, 0.2) is 0 Å². The van der Waals surface area contributed by atoms with Gasteiger partial charge in [-0.2, -0.15) is 0 Å². The Balaban J connectivity index is 2.07. The Morgan fingerprint density at radius 3 is 2.50 bits per heavy atom. The number of carbonyl (C=O) groups excluding carboxylic acids is 1. The average Bonchev–Trinajstić information content (AvgIpc) is 2.81.